The van der Waals surface area contributed by atoms with Gasteiger partial charge in [0.05, 0.1) is 11.0 Å². The summed E-state index contributed by atoms with van der Waals surface area (Å²) < 4.78 is 32.7. The van der Waals surface area contributed by atoms with Crippen molar-refractivity contribution in [1.29, 1.82) is 0 Å². The topological polar surface area (TPSA) is 67.4 Å². The van der Waals surface area contributed by atoms with E-state index in [1.54, 1.807) is 18.2 Å². The lowest BCUT2D eigenvalue weighted by atomic mass is 10.0. The van der Waals surface area contributed by atoms with Crippen molar-refractivity contribution in [3.63, 3.8) is 0 Å². The van der Waals surface area contributed by atoms with Gasteiger partial charge in [-0.05, 0) is 38.1 Å². The van der Waals surface area contributed by atoms with Crippen molar-refractivity contribution in [1.82, 2.24) is 10.0 Å². The Morgan fingerprint density at radius 3 is 2.85 bits per heavy atom. The molecule has 2 atom stereocenters. The first-order valence-electron chi connectivity index (χ1n) is 6.88. The molecule has 1 aromatic rings. The predicted molar refractivity (Wildman–Crippen MR) is 77.9 cm³/mol. The lowest BCUT2D eigenvalue weighted by molar-refractivity contribution is 0.107. The van der Waals surface area contributed by atoms with E-state index in [2.05, 4.69) is 10.0 Å². The molecule has 2 unspecified atom stereocenters. The Morgan fingerprint density at radius 1 is 1.40 bits per heavy atom. The van der Waals surface area contributed by atoms with Gasteiger partial charge in [-0.1, -0.05) is 12.1 Å². The first kappa shape index (κ1) is 15.4. The summed E-state index contributed by atoms with van der Waals surface area (Å²) in [5.41, 5.74) is 0.952. The van der Waals surface area contributed by atoms with E-state index in [1.165, 1.54) is 0 Å². The van der Waals surface area contributed by atoms with Gasteiger partial charge in [0, 0.05) is 25.6 Å². The smallest absolute Gasteiger partial charge is 0.240 e. The van der Waals surface area contributed by atoms with E-state index in [4.69, 9.17) is 4.74 Å². The number of hydrogen-bond donors (Lipinski definition) is 2. The van der Waals surface area contributed by atoms with Gasteiger partial charge in [-0.15, -0.1) is 0 Å². The molecule has 0 radical (unpaired) electrons. The number of hydrogen-bond acceptors (Lipinski definition) is 4. The van der Waals surface area contributed by atoms with Crippen molar-refractivity contribution in [2.45, 2.75) is 30.9 Å². The standard InChI is InChI=1S/C14H22N2O3S/c1-11-13(6-7-19-11)10-16-20(17,18)14-5-3-4-12(8-14)9-15-2/h3-5,8,11,13,15-16H,6-7,9-10H2,1-2H3. The van der Waals surface area contributed by atoms with Gasteiger partial charge < -0.3 is 10.1 Å². The van der Waals surface area contributed by atoms with Gasteiger partial charge in [-0.25, -0.2) is 13.1 Å². The normalized spacial score (nSPS) is 23.1. The van der Waals surface area contributed by atoms with Crippen molar-refractivity contribution < 1.29 is 13.2 Å². The van der Waals surface area contributed by atoms with Gasteiger partial charge >= 0.3 is 0 Å². The van der Waals surface area contributed by atoms with Crippen molar-refractivity contribution >= 4 is 10.0 Å². The number of sulfonamides is 1. The van der Waals surface area contributed by atoms with Crippen molar-refractivity contribution in [3.8, 4) is 0 Å². The highest BCUT2D eigenvalue weighted by Crippen LogP contribution is 2.20. The fraction of sp³-hybridized carbons (Fsp3) is 0.571. The van der Waals surface area contributed by atoms with E-state index >= 15 is 0 Å². The summed E-state index contributed by atoms with van der Waals surface area (Å²) in [5, 5.41) is 3.01. The highest BCUT2D eigenvalue weighted by molar-refractivity contribution is 7.89. The van der Waals surface area contributed by atoms with Crippen LogP contribution >= 0.6 is 0 Å². The molecule has 1 aromatic carbocycles. The lowest BCUT2D eigenvalue weighted by Gasteiger charge is -2.15. The Labute approximate surface area is 120 Å². The SMILES string of the molecule is CNCc1cccc(S(=O)(=O)NCC2CCOC2C)c1. The van der Waals surface area contributed by atoms with Gasteiger partial charge in [0.25, 0.3) is 0 Å². The summed E-state index contributed by atoms with van der Waals surface area (Å²) in [6.45, 7) is 3.78. The Kier molecular flexibility index (Phi) is 5.15. The molecule has 1 heterocycles. The maximum absolute atomic E-state index is 12.3. The van der Waals surface area contributed by atoms with Crippen LogP contribution in [-0.2, 0) is 21.3 Å². The minimum atomic E-state index is -3.45. The third-order valence-corrected chi connectivity index (χ3v) is 5.08. The summed E-state index contributed by atoms with van der Waals surface area (Å²) in [7, 11) is -1.61. The summed E-state index contributed by atoms with van der Waals surface area (Å²) in [4.78, 5) is 0.316. The zero-order chi connectivity index (χ0) is 14.6. The molecular weight excluding hydrogens is 276 g/mol. The molecule has 112 valence electrons. The lowest BCUT2D eigenvalue weighted by Crippen LogP contribution is -2.32. The van der Waals surface area contributed by atoms with Crippen LogP contribution in [0.2, 0.25) is 0 Å². The summed E-state index contributed by atoms with van der Waals surface area (Å²) in [6.07, 6.45) is 1.03. The van der Waals surface area contributed by atoms with Gasteiger partial charge in [-0.2, -0.15) is 0 Å². The van der Waals surface area contributed by atoms with Crippen molar-refractivity contribution in [2.24, 2.45) is 5.92 Å². The first-order chi connectivity index (χ1) is 9.53. The second kappa shape index (κ2) is 6.67. The van der Waals surface area contributed by atoms with Crippen LogP contribution in [0.15, 0.2) is 29.2 Å². The largest absolute Gasteiger partial charge is 0.378 e. The van der Waals surface area contributed by atoms with Crippen LogP contribution in [0.4, 0.5) is 0 Å². The molecule has 1 saturated heterocycles. The average molecular weight is 298 g/mol. The summed E-state index contributed by atoms with van der Waals surface area (Å²) >= 11 is 0. The molecule has 2 N–H and O–H groups in total. The molecule has 0 bridgehead atoms. The van der Waals surface area contributed by atoms with Gasteiger partial charge in [0.15, 0.2) is 0 Å². The average Bonchev–Trinajstić information content (AvgIpc) is 2.83. The second-order valence-electron chi connectivity index (χ2n) is 5.15. The molecule has 0 aromatic heterocycles. The first-order valence-corrected chi connectivity index (χ1v) is 8.36. The number of rotatable bonds is 6. The summed E-state index contributed by atoms with van der Waals surface area (Å²) in [5.74, 6) is 0.255. The Bertz CT molecular complexity index is 545. The van der Waals surface area contributed by atoms with Crippen molar-refractivity contribution in [2.75, 3.05) is 20.2 Å². The van der Waals surface area contributed by atoms with Gasteiger partial charge in [-0.3, -0.25) is 0 Å². The monoisotopic (exact) mass is 298 g/mol. The quantitative estimate of drug-likeness (QED) is 0.825. The molecule has 6 heteroatoms. The molecule has 1 fully saturated rings. The minimum Gasteiger partial charge on any atom is -0.378 e. The molecule has 1 aliphatic heterocycles. The molecule has 20 heavy (non-hydrogen) atoms. The minimum absolute atomic E-state index is 0.119. The highest BCUT2D eigenvalue weighted by Gasteiger charge is 2.26. The van der Waals surface area contributed by atoms with E-state index < -0.39 is 10.0 Å². The Morgan fingerprint density at radius 2 is 2.20 bits per heavy atom. The van der Waals surface area contributed by atoms with Crippen LogP contribution in [0.3, 0.4) is 0 Å². The molecule has 2 rings (SSSR count). The second-order valence-corrected chi connectivity index (χ2v) is 6.92. The van der Waals surface area contributed by atoms with E-state index in [1.807, 2.05) is 20.0 Å². The molecule has 5 nitrogen and oxygen atoms in total. The molecular formula is C14H22N2O3S. The zero-order valence-electron chi connectivity index (χ0n) is 11.9. The number of ether oxygens (including phenoxy) is 1. The fourth-order valence-electron chi connectivity index (χ4n) is 2.37. The van der Waals surface area contributed by atoms with E-state index in [-0.39, 0.29) is 12.0 Å². The summed E-state index contributed by atoms with van der Waals surface area (Å²) in [6, 6.07) is 6.99. The zero-order valence-corrected chi connectivity index (χ0v) is 12.7. The van der Waals surface area contributed by atoms with E-state index in [0.717, 1.165) is 12.0 Å². The van der Waals surface area contributed by atoms with E-state index in [9.17, 15) is 8.42 Å². The van der Waals surface area contributed by atoms with Crippen molar-refractivity contribution in [3.05, 3.63) is 29.8 Å². The van der Waals surface area contributed by atoms with Crippen LogP contribution in [0, 0.1) is 5.92 Å². The molecule has 1 aliphatic rings. The molecule has 0 aliphatic carbocycles. The van der Waals surface area contributed by atoms with Gasteiger partial charge in [0.1, 0.15) is 0 Å². The fourth-order valence-corrected chi connectivity index (χ4v) is 3.54. The van der Waals surface area contributed by atoms with Crippen LogP contribution in [0.25, 0.3) is 0 Å². The molecule has 0 spiro atoms. The maximum atomic E-state index is 12.3. The van der Waals surface area contributed by atoms with Crippen LogP contribution < -0.4 is 10.0 Å². The predicted octanol–water partition coefficient (Wildman–Crippen LogP) is 1.11. The molecule has 0 amide bonds. The maximum Gasteiger partial charge on any atom is 0.240 e. The number of nitrogens with one attached hydrogen (secondary N) is 2. The Hall–Kier alpha value is -0.950. The third kappa shape index (κ3) is 3.79. The van der Waals surface area contributed by atoms with Crippen LogP contribution in [0.5, 0.6) is 0 Å². The van der Waals surface area contributed by atoms with Crippen LogP contribution in [-0.4, -0.2) is 34.7 Å². The Balaban J connectivity index is 2.04. The van der Waals surface area contributed by atoms with Crippen LogP contribution in [0.1, 0.15) is 18.9 Å². The van der Waals surface area contributed by atoms with Gasteiger partial charge in [0.2, 0.25) is 10.0 Å². The third-order valence-electron chi connectivity index (χ3n) is 3.66. The number of benzene rings is 1. The molecule has 0 saturated carbocycles. The van der Waals surface area contributed by atoms with E-state index in [0.29, 0.717) is 24.6 Å². The highest BCUT2D eigenvalue weighted by atomic mass is 32.2.